The summed E-state index contributed by atoms with van der Waals surface area (Å²) < 4.78 is 17.3. The molecular formula is C23H20N2O5. The number of benzene rings is 2. The molecule has 0 unspecified atom stereocenters. The molecule has 0 radical (unpaired) electrons. The molecule has 0 fully saturated rings. The fourth-order valence-electron chi connectivity index (χ4n) is 3.44. The third-order valence-electron chi connectivity index (χ3n) is 4.85. The zero-order chi connectivity index (χ0) is 21.3. The van der Waals surface area contributed by atoms with Crippen LogP contribution in [0.15, 0.2) is 54.7 Å². The number of aromatic nitrogens is 2. The second kappa shape index (κ2) is 7.87. The van der Waals surface area contributed by atoms with Crippen molar-refractivity contribution in [3.63, 3.8) is 0 Å². The van der Waals surface area contributed by atoms with E-state index in [1.54, 1.807) is 31.3 Å². The molecule has 0 bridgehead atoms. The number of ether oxygens (including phenoxy) is 3. The summed E-state index contributed by atoms with van der Waals surface area (Å²) in [6.45, 7) is 1.96. The minimum absolute atomic E-state index is 0.227. The van der Waals surface area contributed by atoms with E-state index in [2.05, 4.69) is 5.10 Å². The maximum absolute atomic E-state index is 13.4. The van der Waals surface area contributed by atoms with Crippen LogP contribution < -0.4 is 9.47 Å². The Morgan fingerprint density at radius 3 is 2.37 bits per heavy atom. The number of carbonyl (C=O) groups excluding carboxylic acids is 2. The molecule has 2 aromatic heterocycles. The van der Waals surface area contributed by atoms with Gasteiger partial charge in [0, 0.05) is 22.4 Å². The van der Waals surface area contributed by atoms with E-state index in [1.165, 1.54) is 24.8 Å². The number of esters is 1. The lowest BCUT2D eigenvalue weighted by Gasteiger charge is -2.08. The molecule has 0 aliphatic heterocycles. The van der Waals surface area contributed by atoms with Gasteiger partial charge in [-0.25, -0.2) is 9.31 Å². The molecule has 7 nitrogen and oxygen atoms in total. The number of hydrogen-bond acceptors (Lipinski definition) is 6. The summed E-state index contributed by atoms with van der Waals surface area (Å²) in [4.78, 5) is 26.1. The fourth-order valence-corrected chi connectivity index (χ4v) is 3.44. The Labute approximate surface area is 172 Å². The van der Waals surface area contributed by atoms with Gasteiger partial charge in [0.05, 0.1) is 38.1 Å². The van der Waals surface area contributed by atoms with E-state index in [0.29, 0.717) is 28.1 Å². The Morgan fingerprint density at radius 1 is 1.00 bits per heavy atom. The van der Waals surface area contributed by atoms with E-state index in [-0.39, 0.29) is 18.1 Å². The van der Waals surface area contributed by atoms with E-state index in [1.807, 2.05) is 24.3 Å². The van der Waals surface area contributed by atoms with Crippen molar-refractivity contribution in [2.75, 3.05) is 20.8 Å². The van der Waals surface area contributed by atoms with Gasteiger partial charge in [0.1, 0.15) is 17.2 Å². The minimum Gasteiger partial charge on any atom is -0.497 e. The number of rotatable bonds is 6. The highest BCUT2D eigenvalue weighted by Gasteiger charge is 2.24. The van der Waals surface area contributed by atoms with E-state index in [4.69, 9.17) is 14.2 Å². The Hall–Kier alpha value is -3.87. The average Bonchev–Trinajstić information content (AvgIpc) is 3.18. The van der Waals surface area contributed by atoms with Gasteiger partial charge in [0.2, 0.25) is 5.78 Å². The second-order valence-corrected chi connectivity index (χ2v) is 6.59. The highest BCUT2D eigenvalue weighted by Crippen LogP contribution is 2.29. The van der Waals surface area contributed by atoms with Gasteiger partial charge in [0.15, 0.2) is 0 Å². The van der Waals surface area contributed by atoms with Gasteiger partial charge in [-0.2, -0.15) is 5.10 Å². The molecule has 2 heterocycles. The molecule has 0 spiro atoms. The Balaban J connectivity index is 1.97. The van der Waals surface area contributed by atoms with E-state index < -0.39 is 5.97 Å². The van der Waals surface area contributed by atoms with Gasteiger partial charge >= 0.3 is 5.97 Å². The molecule has 0 aliphatic carbocycles. The van der Waals surface area contributed by atoms with Crippen molar-refractivity contribution >= 4 is 28.0 Å². The van der Waals surface area contributed by atoms with Crippen LogP contribution >= 0.6 is 0 Å². The minimum atomic E-state index is -0.504. The van der Waals surface area contributed by atoms with Crippen LogP contribution in [-0.2, 0) is 4.74 Å². The number of fused-ring (bicyclic) bond motifs is 3. The SMILES string of the molecule is CCOC(=O)c1cc(C(=O)c2cc(OC)cc(OC)c2)n2ncc3ccccc3c12. The van der Waals surface area contributed by atoms with Crippen LogP contribution in [0, 0.1) is 0 Å². The molecule has 4 aromatic rings. The molecule has 7 heteroatoms. The summed E-state index contributed by atoms with van der Waals surface area (Å²) in [5.41, 5.74) is 1.43. The van der Waals surface area contributed by atoms with Crippen molar-refractivity contribution in [2.45, 2.75) is 6.92 Å². The van der Waals surface area contributed by atoms with Crippen molar-refractivity contribution in [2.24, 2.45) is 0 Å². The first-order valence-electron chi connectivity index (χ1n) is 9.41. The molecule has 0 saturated carbocycles. The topological polar surface area (TPSA) is 79.1 Å². The van der Waals surface area contributed by atoms with Gasteiger partial charge in [-0.15, -0.1) is 0 Å². The predicted molar refractivity (Wildman–Crippen MR) is 112 cm³/mol. The first-order valence-corrected chi connectivity index (χ1v) is 9.41. The van der Waals surface area contributed by atoms with E-state index in [0.717, 1.165) is 10.8 Å². The van der Waals surface area contributed by atoms with Crippen LogP contribution in [0.3, 0.4) is 0 Å². The zero-order valence-electron chi connectivity index (χ0n) is 16.8. The normalized spacial score (nSPS) is 10.9. The lowest BCUT2D eigenvalue weighted by molar-refractivity contribution is 0.0529. The monoisotopic (exact) mass is 404 g/mol. The quantitative estimate of drug-likeness (QED) is 0.358. The number of hydrogen-bond donors (Lipinski definition) is 0. The molecule has 0 amide bonds. The summed E-state index contributed by atoms with van der Waals surface area (Å²) in [7, 11) is 3.03. The largest absolute Gasteiger partial charge is 0.497 e. The molecule has 4 rings (SSSR count). The Morgan fingerprint density at radius 2 is 1.70 bits per heavy atom. The summed E-state index contributed by atoms with van der Waals surface area (Å²) in [5, 5.41) is 6.09. The van der Waals surface area contributed by atoms with Gasteiger partial charge < -0.3 is 14.2 Å². The van der Waals surface area contributed by atoms with Gasteiger partial charge in [0.25, 0.3) is 0 Å². The predicted octanol–water partition coefficient (Wildman–Crippen LogP) is 3.91. The van der Waals surface area contributed by atoms with Crippen LogP contribution in [-0.4, -0.2) is 42.2 Å². The van der Waals surface area contributed by atoms with Crippen molar-refractivity contribution in [3.8, 4) is 11.5 Å². The third kappa shape index (κ3) is 3.24. The lowest BCUT2D eigenvalue weighted by atomic mass is 10.1. The molecule has 152 valence electrons. The molecular weight excluding hydrogens is 384 g/mol. The number of nitrogens with zero attached hydrogens (tertiary/aromatic N) is 2. The van der Waals surface area contributed by atoms with Gasteiger partial charge in [-0.05, 0) is 25.1 Å². The highest BCUT2D eigenvalue weighted by atomic mass is 16.5. The molecule has 0 aliphatic rings. The standard InChI is InChI=1S/C23H20N2O5/c1-4-30-23(27)19-12-20(22(26)15-9-16(28-2)11-17(10-15)29-3)25-21(19)18-8-6-5-7-14(18)13-24-25/h5-13H,4H2,1-3H3. The summed E-state index contributed by atoms with van der Waals surface area (Å²) in [6, 6.07) is 14.0. The van der Waals surface area contributed by atoms with E-state index in [9.17, 15) is 9.59 Å². The molecule has 0 saturated heterocycles. The first kappa shape index (κ1) is 19.4. The van der Waals surface area contributed by atoms with Crippen LogP contribution in [0.1, 0.15) is 33.3 Å². The smallest absolute Gasteiger partial charge is 0.340 e. The highest BCUT2D eigenvalue weighted by molar-refractivity contribution is 6.14. The average molecular weight is 404 g/mol. The number of ketones is 1. The third-order valence-corrected chi connectivity index (χ3v) is 4.85. The Kier molecular flexibility index (Phi) is 5.10. The zero-order valence-corrected chi connectivity index (χ0v) is 16.8. The second-order valence-electron chi connectivity index (χ2n) is 6.59. The summed E-state index contributed by atoms with van der Waals surface area (Å²) in [5.74, 6) is 0.154. The van der Waals surface area contributed by atoms with Crippen LogP contribution in [0.5, 0.6) is 11.5 Å². The van der Waals surface area contributed by atoms with E-state index >= 15 is 0 Å². The fraction of sp³-hybridized carbons (Fsp3) is 0.174. The van der Waals surface area contributed by atoms with Crippen molar-refractivity contribution < 1.29 is 23.8 Å². The lowest BCUT2D eigenvalue weighted by Crippen LogP contribution is -2.08. The van der Waals surface area contributed by atoms with Crippen molar-refractivity contribution in [1.29, 1.82) is 0 Å². The van der Waals surface area contributed by atoms with Crippen molar-refractivity contribution in [1.82, 2.24) is 9.61 Å². The molecule has 0 atom stereocenters. The number of carbonyl (C=O) groups is 2. The number of methoxy groups -OCH3 is 2. The summed E-state index contributed by atoms with van der Waals surface area (Å²) >= 11 is 0. The molecule has 30 heavy (non-hydrogen) atoms. The maximum Gasteiger partial charge on any atom is 0.340 e. The van der Waals surface area contributed by atoms with Gasteiger partial charge in [-0.1, -0.05) is 24.3 Å². The van der Waals surface area contributed by atoms with Crippen LogP contribution in [0.2, 0.25) is 0 Å². The molecule has 2 aromatic carbocycles. The van der Waals surface area contributed by atoms with Crippen LogP contribution in [0.4, 0.5) is 0 Å². The first-order chi connectivity index (χ1) is 14.6. The van der Waals surface area contributed by atoms with Gasteiger partial charge in [-0.3, -0.25) is 4.79 Å². The Bertz CT molecular complexity index is 1250. The summed E-state index contributed by atoms with van der Waals surface area (Å²) in [6.07, 6.45) is 1.67. The maximum atomic E-state index is 13.4. The van der Waals surface area contributed by atoms with Crippen LogP contribution in [0.25, 0.3) is 16.3 Å². The van der Waals surface area contributed by atoms with Crippen molar-refractivity contribution in [3.05, 3.63) is 71.5 Å². The molecule has 0 N–H and O–H groups in total.